The molecule has 7 heteroatoms. The van der Waals surface area contributed by atoms with Crippen molar-refractivity contribution in [2.24, 2.45) is 0 Å². The minimum absolute atomic E-state index is 0.206. The van der Waals surface area contributed by atoms with Gasteiger partial charge in [-0.1, -0.05) is 74.5 Å². The predicted molar refractivity (Wildman–Crippen MR) is 161 cm³/mol. The second-order valence-corrected chi connectivity index (χ2v) is 9.60. The average molecular weight is 526 g/mol. The van der Waals surface area contributed by atoms with Crippen molar-refractivity contribution in [2.45, 2.75) is 46.6 Å². The molecule has 0 spiro atoms. The van der Waals surface area contributed by atoms with Crippen LogP contribution in [-0.2, 0) is 4.74 Å². The number of aromatic nitrogens is 2. The standard InChI is InChI=1S/C32H39N5O2/c1-5-37(6-2)20-14-15-23(4)33-27-21-26(34-32(38)39-7-3)22-28-31(27)36-30(25-18-12-9-13-19-25)29(35-28)24-16-10-8-11-17-24/h8-13,16-19,21-23,33H,5-7,14-15,20H2,1-4H3,(H,34,38). The molecule has 0 aliphatic heterocycles. The minimum Gasteiger partial charge on any atom is -0.450 e. The van der Waals surface area contributed by atoms with Crippen LogP contribution in [0.4, 0.5) is 16.2 Å². The van der Waals surface area contributed by atoms with E-state index < -0.39 is 6.09 Å². The van der Waals surface area contributed by atoms with E-state index in [2.05, 4.69) is 48.4 Å². The highest BCUT2D eigenvalue weighted by Crippen LogP contribution is 2.35. The Bertz CT molecular complexity index is 1360. The molecule has 1 unspecified atom stereocenters. The van der Waals surface area contributed by atoms with Crippen LogP contribution in [-0.4, -0.2) is 53.2 Å². The fourth-order valence-corrected chi connectivity index (χ4v) is 4.72. The molecule has 1 aromatic heterocycles. The van der Waals surface area contributed by atoms with Crippen molar-refractivity contribution in [1.82, 2.24) is 14.9 Å². The lowest BCUT2D eigenvalue weighted by Crippen LogP contribution is -2.25. The Morgan fingerprint density at radius 2 is 1.51 bits per heavy atom. The molecule has 0 aliphatic carbocycles. The summed E-state index contributed by atoms with van der Waals surface area (Å²) < 4.78 is 5.13. The van der Waals surface area contributed by atoms with Gasteiger partial charge in [-0.2, -0.15) is 0 Å². The topological polar surface area (TPSA) is 79.4 Å². The van der Waals surface area contributed by atoms with E-state index in [-0.39, 0.29) is 6.04 Å². The fraction of sp³-hybridized carbons (Fsp3) is 0.344. The molecule has 39 heavy (non-hydrogen) atoms. The second kappa shape index (κ2) is 13.7. The van der Waals surface area contributed by atoms with Crippen LogP contribution in [0.3, 0.4) is 0 Å². The third-order valence-electron chi connectivity index (χ3n) is 6.79. The highest BCUT2D eigenvalue weighted by Gasteiger charge is 2.18. The zero-order chi connectivity index (χ0) is 27.6. The summed E-state index contributed by atoms with van der Waals surface area (Å²) in [5.41, 5.74) is 6.49. The molecule has 0 radical (unpaired) electrons. The molecule has 0 saturated carbocycles. The molecule has 4 aromatic rings. The van der Waals surface area contributed by atoms with Crippen molar-refractivity contribution >= 4 is 28.5 Å². The normalized spacial score (nSPS) is 11.9. The van der Waals surface area contributed by atoms with Crippen LogP contribution in [0.5, 0.6) is 0 Å². The summed E-state index contributed by atoms with van der Waals surface area (Å²) in [6.45, 7) is 11.9. The van der Waals surface area contributed by atoms with Gasteiger partial charge in [0.15, 0.2) is 0 Å². The summed E-state index contributed by atoms with van der Waals surface area (Å²) in [5.74, 6) is 0. The number of ether oxygens (including phenoxy) is 1. The van der Waals surface area contributed by atoms with Gasteiger partial charge in [-0.05, 0) is 58.5 Å². The van der Waals surface area contributed by atoms with Gasteiger partial charge in [-0.25, -0.2) is 14.8 Å². The molecule has 0 bridgehead atoms. The van der Waals surface area contributed by atoms with Crippen LogP contribution in [0.25, 0.3) is 33.5 Å². The predicted octanol–water partition coefficient (Wildman–Crippen LogP) is 7.45. The molecule has 0 aliphatic rings. The third-order valence-corrected chi connectivity index (χ3v) is 6.79. The van der Waals surface area contributed by atoms with E-state index in [4.69, 9.17) is 14.7 Å². The van der Waals surface area contributed by atoms with E-state index in [1.54, 1.807) is 6.92 Å². The van der Waals surface area contributed by atoms with Gasteiger partial charge in [-0.3, -0.25) is 5.32 Å². The molecule has 1 amide bonds. The number of carbonyl (C=O) groups excluding carboxylic acids is 1. The number of rotatable bonds is 12. The van der Waals surface area contributed by atoms with Gasteiger partial charge >= 0.3 is 6.09 Å². The Hall–Kier alpha value is -3.97. The van der Waals surface area contributed by atoms with Crippen molar-refractivity contribution in [3.63, 3.8) is 0 Å². The zero-order valence-electron chi connectivity index (χ0n) is 23.4. The van der Waals surface area contributed by atoms with Crippen LogP contribution < -0.4 is 10.6 Å². The number of hydrogen-bond donors (Lipinski definition) is 2. The first-order valence-corrected chi connectivity index (χ1v) is 13.9. The van der Waals surface area contributed by atoms with E-state index in [1.165, 1.54) is 0 Å². The molecule has 204 valence electrons. The van der Waals surface area contributed by atoms with Crippen LogP contribution in [0, 0.1) is 0 Å². The smallest absolute Gasteiger partial charge is 0.411 e. The first kappa shape index (κ1) is 28.0. The molecule has 1 heterocycles. The van der Waals surface area contributed by atoms with Crippen molar-refractivity contribution in [3.8, 4) is 22.5 Å². The molecule has 4 rings (SSSR count). The maximum atomic E-state index is 12.3. The van der Waals surface area contributed by atoms with Crippen LogP contribution in [0.15, 0.2) is 72.8 Å². The van der Waals surface area contributed by atoms with Gasteiger partial charge in [0.05, 0.1) is 29.2 Å². The monoisotopic (exact) mass is 525 g/mol. The van der Waals surface area contributed by atoms with Gasteiger partial charge in [0.25, 0.3) is 0 Å². The van der Waals surface area contributed by atoms with E-state index in [9.17, 15) is 4.79 Å². The quantitative estimate of drug-likeness (QED) is 0.200. The van der Waals surface area contributed by atoms with E-state index in [0.29, 0.717) is 17.8 Å². The average Bonchev–Trinajstić information content (AvgIpc) is 2.96. The Balaban J connectivity index is 1.78. The molecular formula is C32H39N5O2. The van der Waals surface area contributed by atoms with Crippen LogP contribution >= 0.6 is 0 Å². The summed E-state index contributed by atoms with van der Waals surface area (Å²) >= 11 is 0. The third kappa shape index (κ3) is 7.33. The number of benzene rings is 3. The summed E-state index contributed by atoms with van der Waals surface area (Å²) in [5, 5.41) is 6.52. The number of nitrogens with zero attached hydrogens (tertiary/aromatic N) is 3. The SMILES string of the molecule is CCOC(=O)Nc1cc(NC(C)CCCN(CC)CC)c2nc(-c3ccccc3)c(-c3ccccc3)nc2c1. The molecule has 7 nitrogen and oxygen atoms in total. The van der Waals surface area contributed by atoms with Crippen molar-refractivity contribution in [3.05, 3.63) is 72.8 Å². The number of nitrogens with one attached hydrogen (secondary N) is 2. The Labute approximate surface area is 231 Å². The number of amides is 1. The van der Waals surface area contributed by atoms with Crippen molar-refractivity contribution < 1.29 is 9.53 Å². The van der Waals surface area contributed by atoms with Gasteiger partial charge < -0.3 is 15.0 Å². The number of carbonyl (C=O) groups is 1. The van der Waals surface area contributed by atoms with E-state index >= 15 is 0 Å². The lowest BCUT2D eigenvalue weighted by atomic mass is 10.0. The Morgan fingerprint density at radius 3 is 2.10 bits per heavy atom. The maximum Gasteiger partial charge on any atom is 0.411 e. The number of hydrogen-bond acceptors (Lipinski definition) is 6. The highest BCUT2D eigenvalue weighted by molar-refractivity contribution is 5.98. The minimum atomic E-state index is -0.493. The lowest BCUT2D eigenvalue weighted by Gasteiger charge is -2.21. The number of anilines is 2. The Morgan fingerprint density at radius 1 is 0.897 bits per heavy atom. The van der Waals surface area contributed by atoms with Crippen molar-refractivity contribution in [2.75, 3.05) is 36.9 Å². The van der Waals surface area contributed by atoms with Gasteiger partial charge in [0, 0.05) is 22.9 Å². The summed E-state index contributed by atoms with van der Waals surface area (Å²) in [6.07, 6.45) is 1.61. The summed E-state index contributed by atoms with van der Waals surface area (Å²) in [7, 11) is 0. The summed E-state index contributed by atoms with van der Waals surface area (Å²) in [6, 6.07) is 24.2. The van der Waals surface area contributed by atoms with Gasteiger partial charge in [-0.15, -0.1) is 0 Å². The Kier molecular flexibility index (Phi) is 9.86. The first-order valence-electron chi connectivity index (χ1n) is 13.9. The molecule has 0 fully saturated rings. The molecular weight excluding hydrogens is 486 g/mol. The van der Waals surface area contributed by atoms with E-state index in [0.717, 1.165) is 66.2 Å². The molecule has 0 saturated heterocycles. The lowest BCUT2D eigenvalue weighted by molar-refractivity contribution is 0.168. The van der Waals surface area contributed by atoms with Gasteiger partial charge in [0.2, 0.25) is 0 Å². The maximum absolute atomic E-state index is 12.3. The van der Waals surface area contributed by atoms with E-state index in [1.807, 2.05) is 60.7 Å². The van der Waals surface area contributed by atoms with Crippen molar-refractivity contribution in [1.29, 1.82) is 0 Å². The molecule has 3 aromatic carbocycles. The fourth-order valence-electron chi connectivity index (χ4n) is 4.72. The second-order valence-electron chi connectivity index (χ2n) is 9.60. The van der Waals surface area contributed by atoms with Gasteiger partial charge in [0.1, 0.15) is 5.52 Å². The van der Waals surface area contributed by atoms with Crippen LogP contribution in [0.1, 0.15) is 40.5 Å². The molecule has 2 N–H and O–H groups in total. The largest absolute Gasteiger partial charge is 0.450 e. The van der Waals surface area contributed by atoms with Crippen LogP contribution in [0.2, 0.25) is 0 Å². The zero-order valence-corrected chi connectivity index (χ0v) is 23.4. The highest BCUT2D eigenvalue weighted by atomic mass is 16.5. The first-order chi connectivity index (χ1) is 19.0. The number of fused-ring (bicyclic) bond motifs is 1. The molecule has 1 atom stereocenters. The summed E-state index contributed by atoms with van der Waals surface area (Å²) in [4.78, 5) is 25.0.